The number of carbonyl (C=O) groups is 1. The third kappa shape index (κ3) is 6.09. The van der Waals surface area contributed by atoms with Gasteiger partial charge in [-0.3, -0.25) is 0 Å². The van der Waals surface area contributed by atoms with Crippen molar-refractivity contribution in [2.24, 2.45) is 0 Å². The third-order valence-corrected chi connectivity index (χ3v) is 5.69. The Bertz CT molecular complexity index is 1050. The molecule has 2 aromatic carbocycles. The third-order valence-electron chi connectivity index (χ3n) is 3.96. The molecule has 0 radical (unpaired) electrons. The van der Waals surface area contributed by atoms with Crippen LogP contribution in [-0.2, 0) is 21.0 Å². The summed E-state index contributed by atoms with van der Waals surface area (Å²) in [5.74, 6) is -0.754. The molecule has 2 N–H and O–H groups in total. The fourth-order valence-corrected chi connectivity index (χ4v) is 3.94. The van der Waals surface area contributed by atoms with Gasteiger partial charge >= 0.3 is 6.09 Å². The second-order valence-electron chi connectivity index (χ2n) is 7.53. The summed E-state index contributed by atoms with van der Waals surface area (Å²) >= 11 is 0. The molecule has 0 unspecified atom stereocenters. The Kier molecular flexibility index (Phi) is 7.24. The van der Waals surface area contributed by atoms with Gasteiger partial charge in [-0.15, -0.1) is 0 Å². The number of benzene rings is 2. The molecule has 0 saturated carbocycles. The molecule has 1 amide bonds. The number of carbonyl (C=O) groups excluding carboxylic acids is 1. The highest BCUT2D eigenvalue weighted by Gasteiger charge is 2.31. The first-order valence-corrected chi connectivity index (χ1v) is 10.7. The lowest BCUT2D eigenvalue weighted by molar-refractivity contribution is 0.0501. The first-order valence-electron chi connectivity index (χ1n) is 9.21. The molecular formula is C22H24N2O5S. The molecule has 0 aliphatic heterocycles. The lowest BCUT2D eigenvalue weighted by atomic mass is 10.0. The molecule has 0 spiro atoms. The Hall–Kier alpha value is -3.31. The van der Waals surface area contributed by atoms with Crippen LogP contribution in [-0.4, -0.2) is 31.3 Å². The lowest BCUT2D eigenvalue weighted by Crippen LogP contribution is -2.42. The molecule has 0 fully saturated rings. The second kappa shape index (κ2) is 9.46. The highest BCUT2D eigenvalue weighted by atomic mass is 32.2. The van der Waals surface area contributed by atoms with Crippen molar-refractivity contribution < 1.29 is 23.1 Å². The van der Waals surface area contributed by atoms with Crippen molar-refractivity contribution in [1.29, 1.82) is 5.26 Å². The van der Waals surface area contributed by atoms with Gasteiger partial charge in [0, 0.05) is 6.42 Å². The number of ether oxygens (including phenoxy) is 1. The smallest absolute Gasteiger partial charge is 0.408 e. The SMILES string of the molecule is CC(C)(C)OC(=O)N[C@@H](Cc1ccccc1)/C(O)=C(/C#N)S(=O)(=O)c1ccccc1. The molecule has 0 aromatic heterocycles. The van der Waals surface area contributed by atoms with Crippen molar-refractivity contribution in [2.45, 2.75) is 43.7 Å². The largest absolute Gasteiger partial charge is 0.508 e. The van der Waals surface area contributed by atoms with E-state index in [2.05, 4.69) is 5.32 Å². The van der Waals surface area contributed by atoms with Gasteiger partial charge in [-0.2, -0.15) is 5.26 Å². The summed E-state index contributed by atoms with van der Waals surface area (Å²) in [7, 11) is -4.28. The van der Waals surface area contributed by atoms with Crippen LogP contribution < -0.4 is 5.32 Å². The fraction of sp³-hybridized carbons (Fsp3) is 0.273. The number of nitrogens with zero attached hydrogens (tertiary/aromatic N) is 1. The molecule has 30 heavy (non-hydrogen) atoms. The zero-order valence-corrected chi connectivity index (χ0v) is 17.8. The number of allylic oxidation sites excluding steroid dienone is 1. The number of nitrogens with one attached hydrogen (secondary N) is 1. The van der Waals surface area contributed by atoms with E-state index in [4.69, 9.17) is 4.74 Å². The molecule has 0 heterocycles. The summed E-state index contributed by atoms with van der Waals surface area (Å²) in [5.41, 5.74) is -0.0750. The molecule has 8 heteroatoms. The van der Waals surface area contributed by atoms with E-state index in [1.807, 2.05) is 0 Å². The summed E-state index contributed by atoms with van der Waals surface area (Å²) in [6, 6.07) is 16.6. The number of rotatable bonds is 6. The molecule has 2 aromatic rings. The highest BCUT2D eigenvalue weighted by molar-refractivity contribution is 7.95. The summed E-state index contributed by atoms with van der Waals surface area (Å²) < 4.78 is 31.0. The highest BCUT2D eigenvalue weighted by Crippen LogP contribution is 2.23. The number of alkyl carbamates (subject to hydrolysis) is 1. The molecule has 0 bridgehead atoms. The summed E-state index contributed by atoms with van der Waals surface area (Å²) in [6.07, 6.45) is -0.786. The Morgan fingerprint density at radius 1 is 1.10 bits per heavy atom. The Balaban J connectivity index is 2.48. The number of aliphatic hydroxyl groups is 1. The normalized spacial score (nSPS) is 13.5. The number of nitriles is 1. The number of hydrogen-bond donors (Lipinski definition) is 2. The first kappa shape index (κ1) is 23.0. The standard InChI is InChI=1S/C22H24N2O5S/c1-22(2,3)29-21(26)24-18(14-16-10-6-4-7-11-16)20(25)19(15-23)30(27,28)17-12-8-5-9-13-17/h4-13,18,25H,14H2,1-3H3,(H,24,26)/b20-19+/t18-/m0/s1. The number of hydrogen-bond acceptors (Lipinski definition) is 6. The van der Waals surface area contributed by atoms with Crippen LogP contribution in [0.15, 0.2) is 76.2 Å². The van der Waals surface area contributed by atoms with Gasteiger partial charge in [-0.1, -0.05) is 48.5 Å². The minimum atomic E-state index is -4.28. The minimum Gasteiger partial charge on any atom is -0.508 e. The molecular weight excluding hydrogens is 404 g/mol. The van der Waals surface area contributed by atoms with E-state index < -0.39 is 38.2 Å². The van der Waals surface area contributed by atoms with E-state index in [0.717, 1.165) is 5.56 Å². The molecule has 0 aliphatic carbocycles. The fourth-order valence-electron chi connectivity index (χ4n) is 2.65. The van der Waals surface area contributed by atoms with Crippen LogP contribution in [0.1, 0.15) is 26.3 Å². The monoisotopic (exact) mass is 428 g/mol. The first-order chi connectivity index (χ1) is 14.0. The molecule has 0 saturated heterocycles. The van der Waals surface area contributed by atoms with Gasteiger partial charge in [-0.05, 0) is 38.5 Å². The van der Waals surface area contributed by atoms with Crippen molar-refractivity contribution in [3.8, 4) is 6.07 Å². The summed E-state index contributed by atoms with van der Waals surface area (Å²) in [6.45, 7) is 5.03. The van der Waals surface area contributed by atoms with Crippen molar-refractivity contribution in [3.63, 3.8) is 0 Å². The van der Waals surface area contributed by atoms with Gasteiger partial charge in [-0.25, -0.2) is 13.2 Å². The summed E-state index contributed by atoms with van der Waals surface area (Å²) in [4.78, 5) is 11.3. The average Bonchev–Trinajstić information content (AvgIpc) is 2.68. The van der Waals surface area contributed by atoms with E-state index in [1.54, 1.807) is 63.2 Å². The van der Waals surface area contributed by atoms with Gasteiger partial charge in [0.05, 0.1) is 10.9 Å². The van der Waals surface area contributed by atoms with Crippen LogP contribution in [0.5, 0.6) is 0 Å². The lowest BCUT2D eigenvalue weighted by Gasteiger charge is -2.24. The van der Waals surface area contributed by atoms with Crippen molar-refractivity contribution in [3.05, 3.63) is 76.9 Å². The molecule has 0 aliphatic rings. The van der Waals surface area contributed by atoms with E-state index in [0.29, 0.717) is 0 Å². The molecule has 2 rings (SSSR count). The number of aliphatic hydroxyl groups excluding tert-OH is 1. The van der Waals surface area contributed by atoms with Gasteiger partial charge in [0.25, 0.3) is 0 Å². The maximum absolute atomic E-state index is 12.9. The van der Waals surface area contributed by atoms with Crippen LogP contribution in [0.4, 0.5) is 4.79 Å². The van der Waals surface area contributed by atoms with Crippen LogP contribution in [0.2, 0.25) is 0 Å². The van der Waals surface area contributed by atoms with E-state index in [1.165, 1.54) is 24.3 Å². The van der Waals surface area contributed by atoms with Crippen molar-refractivity contribution >= 4 is 15.9 Å². The van der Waals surface area contributed by atoms with Crippen LogP contribution in [0.3, 0.4) is 0 Å². The van der Waals surface area contributed by atoms with E-state index >= 15 is 0 Å². The minimum absolute atomic E-state index is 0.0570. The van der Waals surface area contributed by atoms with Gasteiger partial charge < -0.3 is 15.2 Å². The molecule has 7 nitrogen and oxygen atoms in total. The van der Waals surface area contributed by atoms with Gasteiger partial charge in [0.15, 0.2) is 4.91 Å². The predicted octanol–water partition coefficient (Wildman–Crippen LogP) is 3.89. The maximum atomic E-state index is 12.9. The number of sulfone groups is 1. The quantitative estimate of drug-likeness (QED) is 0.533. The average molecular weight is 429 g/mol. The zero-order chi connectivity index (χ0) is 22.4. The number of amides is 1. The van der Waals surface area contributed by atoms with Gasteiger partial charge in [0.1, 0.15) is 17.4 Å². The van der Waals surface area contributed by atoms with E-state index in [9.17, 15) is 23.6 Å². The summed E-state index contributed by atoms with van der Waals surface area (Å²) in [5, 5.41) is 22.8. The second-order valence-corrected chi connectivity index (χ2v) is 9.42. The van der Waals surface area contributed by atoms with Crippen LogP contribution in [0.25, 0.3) is 0 Å². The Morgan fingerprint density at radius 3 is 2.13 bits per heavy atom. The Labute approximate surface area is 176 Å². The van der Waals surface area contributed by atoms with Crippen LogP contribution in [0, 0.1) is 11.3 Å². The Morgan fingerprint density at radius 2 is 1.63 bits per heavy atom. The van der Waals surface area contributed by atoms with Crippen LogP contribution >= 0.6 is 0 Å². The maximum Gasteiger partial charge on any atom is 0.408 e. The van der Waals surface area contributed by atoms with Crippen molar-refractivity contribution in [2.75, 3.05) is 0 Å². The topological polar surface area (TPSA) is 116 Å². The van der Waals surface area contributed by atoms with Crippen molar-refractivity contribution in [1.82, 2.24) is 5.32 Å². The molecule has 1 atom stereocenters. The predicted molar refractivity (Wildman–Crippen MR) is 112 cm³/mol. The zero-order valence-electron chi connectivity index (χ0n) is 17.0. The molecule has 158 valence electrons. The van der Waals surface area contributed by atoms with Gasteiger partial charge in [0.2, 0.25) is 9.84 Å². The van der Waals surface area contributed by atoms with E-state index in [-0.39, 0.29) is 11.3 Å².